The van der Waals surface area contributed by atoms with Gasteiger partial charge in [0.2, 0.25) is 0 Å². The van der Waals surface area contributed by atoms with E-state index in [1.807, 2.05) is 4.90 Å². The van der Waals surface area contributed by atoms with Gasteiger partial charge in [-0.05, 0) is 32.2 Å². The molecule has 0 aromatic rings. The summed E-state index contributed by atoms with van der Waals surface area (Å²) in [7, 11) is 0. The number of hydrogen-bond acceptors (Lipinski definition) is 3. The SMILES string of the molecule is O=C1OC2(CCCNC2)CN1C1CCCCCC1. The molecule has 1 amide bonds. The van der Waals surface area contributed by atoms with Gasteiger partial charge in [0.25, 0.3) is 0 Å². The molecule has 2 saturated heterocycles. The third kappa shape index (κ3) is 2.35. The second-order valence-electron chi connectivity index (χ2n) is 6.10. The van der Waals surface area contributed by atoms with E-state index in [-0.39, 0.29) is 11.7 Å². The molecule has 0 aromatic carbocycles. The molecule has 1 aliphatic carbocycles. The van der Waals surface area contributed by atoms with Crippen LogP contribution in [0.3, 0.4) is 0 Å². The molecule has 0 aromatic heterocycles. The summed E-state index contributed by atoms with van der Waals surface area (Å²) in [6, 6.07) is 0.432. The Morgan fingerprint density at radius 3 is 2.61 bits per heavy atom. The second-order valence-corrected chi connectivity index (χ2v) is 6.10. The zero-order valence-electron chi connectivity index (χ0n) is 11.1. The van der Waals surface area contributed by atoms with Gasteiger partial charge in [-0.2, -0.15) is 0 Å². The summed E-state index contributed by atoms with van der Waals surface area (Å²) < 4.78 is 5.72. The molecule has 102 valence electrons. The van der Waals surface area contributed by atoms with E-state index in [0.717, 1.165) is 32.5 Å². The van der Waals surface area contributed by atoms with E-state index in [9.17, 15) is 4.79 Å². The minimum Gasteiger partial charge on any atom is -0.440 e. The zero-order chi connectivity index (χ0) is 12.4. The van der Waals surface area contributed by atoms with Crippen molar-refractivity contribution in [3.05, 3.63) is 0 Å². The van der Waals surface area contributed by atoms with Crippen molar-refractivity contribution in [1.82, 2.24) is 10.2 Å². The van der Waals surface area contributed by atoms with Gasteiger partial charge in [-0.25, -0.2) is 4.79 Å². The van der Waals surface area contributed by atoms with E-state index in [2.05, 4.69) is 5.32 Å². The number of carbonyl (C=O) groups is 1. The summed E-state index contributed by atoms with van der Waals surface area (Å²) in [5.41, 5.74) is -0.221. The van der Waals surface area contributed by atoms with Crippen molar-refractivity contribution < 1.29 is 9.53 Å². The van der Waals surface area contributed by atoms with Crippen molar-refractivity contribution in [2.24, 2.45) is 0 Å². The molecule has 4 heteroatoms. The van der Waals surface area contributed by atoms with Crippen molar-refractivity contribution in [3.63, 3.8) is 0 Å². The average molecular weight is 252 g/mol. The lowest BCUT2D eigenvalue weighted by atomic mass is 9.93. The summed E-state index contributed by atoms with van der Waals surface area (Å²) in [5.74, 6) is 0. The van der Waals surface area contributed by atoms with Gasteiger partial charge >= 0.3 is 6.09 Å². The maximum Gasteiger partial charge on any atom is 0.410 e. The number of rotatable bonds is 1. The Hall–Kier alpha value is -0.770. The highest BCUT2D eigenvalue weighted by molar-refractivity contribution is 5.71. The molecule has 0 radical (unpaired) electrons. The van der Waals surface area contributed by atoms with E-state index >= 15 is 0 Å². The number of hydrogen-bond donors (Lipinski definition) is 1. The smallest absolute Gasteiger partial charge is 0.410 e. The highest BCUT2D eigenvalue weighted by Gasteiger charge is 2.47. The average Bonchev–Trinajstić information content (AvgIpc) is 2.59. The Bertz CT molecular complexity index is 305. The Kier molecular flexibility index (Phi) is 3.46. The monoisotopic (exact) mass is 252 g/mol. The molecule has 4 nitrogen and oxygen atoms in total. The molecule has 1 atom stereocenters. The third-order valence-electron chi connectivity index (χ3n) is 4.70. The number of carbonyl (C=O) groups excluding carboxylic acids is 1. The zero-order valence-corrected chi connectivity index (χ0v) is 11.1. The number of piperidine rings is 1. The lowest BCUT2D eigenvalue weighted by Gasteiger charge is -2.32. The summed E-state index contributed by atoms with van der Waals surface area (Å²) in [6.45, 7) is 2.70. The fourth-order valence-corrected chi connectivity index (χ4v) is 3.66. The third-order valence-corrected chi connectivity index (χ3v) is 4.70. The van der Waals surface area contributed by atoms with Gasteiger partial charge in [-0.3, -0.25) is 0 Å². The first-order chi connectivity index (χ1) is 8.79. The van der Waals surface area contributed by atoms with Crippen molar-refractivity contribution in [1.29, 1.82) is 0 Å². The van der Waals surface area contributed by atoms with E-state index in [0.29, 0.717) is 6.04 Å². The molecule has 3 fully saturated rings. The van der Waals surface area contributed by atoms with Crippen LogP contribution in [0.15, 0.2) is 0 Å². The Morgan fingerprint density at radius 2 is 1.94 bits per heavy atom. The van der Waals surface area contributed by atoms with Gasteiger partial charge in [0.05, 0.1) is 6.54 Å². The summed E-state index contributed by atoms with van der Waals surface area (Å²) in [5, 5.41) is 3.37. The number of nitrogens with zero attached hydrogens (tertiary/aromatic N) is 1. The van der Waals surface area contributed by atoms with Crippen LogP contribution in [0.1, 0.15) is 51.4 Å². The molecule has 1 N–H and O–H groups in total. The van der Waals surface area contributed by atoms with Gasteiger partial charge in [0.15, 0.2) is 0 Å². The first kappa shape index (κ1) is 12.3. The van der Waals surface area contributed by atoms with E-state index in [1.54, 1.807) is 0 Å². The Balaban J connectivity index is 1.67. The van der Waals surface area contributed by atoms with Crippen molar-refractivity contribution in [3.8, 4) is 0 Å². The van der Waals surface area contributed by atoms with Crippen molar-refractivity contribution in [2.75, 3.05) is 19.6 Å². The molecule has 3 rings (SSSR count). The standard InChI is InChI=1S/C14H24N2O2/c17-13-16(12-6-3-1-2-4-7-12)11-14(18-13)8-5-9-15-10-14/h12,15H,1-11H2. The topological polar surface area (TPSA) is 41.6 Å². The van der Waals surface area contributed by atoms with Crippen LogP contribution in [-0.2, 0) is 4.74 Å². The molecular formula is C14H24N2O2. The predicted molar refractivity (Wildman–Crippen MR) is 69.5 cm³/mol. The van der Waals surface area contributed by atoms with Crippen LogP contribution in [-0.4, -0.2) is 42.3 Å². The normalized spacial score (nSPS) is 34.7. The van der Waals surface area contributed by atoms with Crippen molar-refractivity contribution >= 4 is 6.09 Å². The van der Waals surface area contributed by atoms with Crippen LogP contribution < -0.4 is 5.32 Å². The Morgan fingerprint density at radius 1 is 1.17 bits per heavy atom. The maximum absolute atomic E-state index is 12.1. The first-order valence-electron chi connectivity index (χ1n) is 7.49. The number of nitrogens with one attached hydrogen (secondary N) is 1. The van der Waals surface area contributed by atoms with E-state index < -0.39 is 0 Å². The molecule has 1 spiro atoms. The van der Waals surface area contributed by atoms with Crippen LogP contribution in [0.2, 0.25) is 0 Å². The van der Waals surface area contributed by atoms with Crippen LogP contribution in [0, 0.1) is 0 Å². The summed E-state index contributed by atoms with van der Waals surface area (Å²) in [6.07, 6.45) is 9.58. The van der Waals surface area contributed by atoms with Crippen LogP contribution in [0.4, 0.5) is 4.79 Å². The Labute approximate surface area is 109 Å². The van der Waals surface area contributed by atoms with Gasteiger partial charge < -0.3 is 15.0 Å². The maximum atomic E-state index is 12.1. The van der Waals surface area contributed by atoms with Crippen LogP contribution >= 0.6 is 0 Å². The highest BCUT2D eigenvalue weighted by Crippen LogP contribution is 2.33. The van der Waals surface area contributed by atoms with Gasteiger partial charge in [-0.1, -0.05) is 25.7 Å². The van der Waals surface area contributed by atoms with Crippen LogP contribution in [0.25, 0.3) is 0 Å². The van der Waals surface area contributed by atoms with Crippen molar-refractivity contribution in [2.45, 2.75) is 63.0 Å². The van der Waals surface area contributed by atoms with Crippen LogP contribution in [0.5, 0.6) is 0 Å². The summed E-state index contributed by atoms with van der Waals surface area (Å²) in [4.78, 5) is 14.2. The summed E-state index contributed by atoms with van der Waals surface area (Å²) >= 11 is 0. The molecule has 1 unspecified atom stereocenters. The molecule has 2 aliphatic heterocycles. The molecule has 2 heterocycles. The fourth-order valence-electron chi connectivity index (χ4n) is 3.66. The van der Waals surface area contributed by atoms with E-state index in [1.165, 1.54) is 38.5 Å². The number of ether oxygens (including phenoxy) is 1. The minimum absolute atomic E-state index is 0.0643. The largest absolute Gasteiger partial charge is 0.440 e. The molecule has 3 aliphatic rings. The predicted octanol–water partition coefficient (Wildman–Crippen LogP) is 2.28. The first-order valence-corrected chi connectivity index (χ1v) is 7.49. The highest BCUT2D eigenvalue weighted by atomic mass is 16.6. The minimum atomic E-state index is -0.221. The quantitative estimate of drug-likeness (QED) is 0.728. The van der Waals surface area contributed by atoms with Gasteiger partial charge in [0.1, 0.15) is 5.60 Å². The lowest BCUT2D eigenvalue weighted by molar-refractivity contribution is 0.0366. The van der Waals surface area contributed by atoms with Gasteiger partial charge in [0, 0.05) is 12.6 Å². The molecule has 18 heavy (non-hydrogen) atoms. The fraction of sp³-hybridized carbons (Fsp3) is 0.929. The molecular weight excluding hydrogens is 228 g/mol. The van der Waals surface area contributed by atoms with E-state index in [4.69, 9.17) is 4.74 Å². The second kappa shape index (κ2) is 5.08. The molecule has 0 bridgehead atoms. The molecule has 1 saturated carbocycles. The van der Waals surface area contributed by atoms with Gasteiger partial charge in [-0.15, -0.1) is 0 Å². The number of amides is 1. The lowest BCUT2D eigenvalue weighted by Crippen LogP contribution is -2.49.